The normalized spacial score (nSPS) is 9.83. The van der Waals surface area contributed by atoms with Crippen LogP contribution in [0.15, 0.2) is 35.1 Å². The zero-order chi connectivity index (χ0) is 13.1. The fourth-order valence-electron chi connectivity index (χ4n) is 1.84. The van der Waals surface area contributed by atoms with E-state index < -0.39 is 0 Å². The van der Waals surface area contributed by atoms with E-state index >= 15 is 0 Å². The molecule has 4 heteroatoms. The molecular weight excluding hydrogens is 292 g/mol. The number of pyridine rings is 1. The summed E-state index contributed by atoms with van der Waals surface area (Å²) in [4.78, 5) is 15.0. The number of nitrogens with zero attached hydrogens (tertiary/aromatic N) is 2. The molecular formula is C14H9BrN2O. The highest BCUT2D eigenvalue weighted by molar-refractivity contribution is 9.10. The monoisotopic (exact) mass is 300 g/mol. The van der Waals surface area contributed by atoms with Gasteiger partial charge in [-0.2, -0.15) is 5.26 Å². The second kappa shape index (κ2) is 5.11. The number of hydrogen-bond donors (Lipinski definition) is 0. The Hall–Kier alpha value is -1.99. The molecule has 0 amide bonds. The first-order chi connectivity index (χ1) is 8.69. The Bertz CT molecular complexity index is 659. The molecule has 0 saturated carbocycles. The summed E-state index contributed by atoms with van der Waals surface area (Å²) < 4.78 is 0.512. The number of aldehydes is 1. The van der Waals surface area contributed by atoms with Gasteiger partial charge in [-0.3, -0.25) is 4.79 Å². The zero-order valence-corrected chi connectivity index (χ0v) is 11.2. The lowest BCUT2D eigenvalue weighted by molar-refractivity contribution is 0.112. The van der Waals surface area contributed by atoms with Gasteiger partial charge in [-0.1, -0.05) is 18.2 Å². The van der Waals surface area contributed by atoms with Crippen LogP contribution in [0, 0.1) is 18.3 Å². The van der Waals surface area contributed by atoms with Crippen LogP contribution in [0.4, 0.5) is 0 Å². The molecule has 0 spiro atoms. The molecule has 0 aliphatic heterocycles. The molecule has 3 nitrogen and oxygen atoms in total. The Balaban J connectivity index is 2.75. The highest BCUT2D eigenvalue weighted by Gasteiger charge is 2.12. The summed E-state index contributed by atoms with van der Waals surface area (Å²) in [5.41, 5.74) is 3.62. The molecule has 0 fully saturated rings. The van der Waals surface area contributed by atoms with Crippen molar-refractivity contribution in [1.82, 2.24) is 4.98 Å². The van der Waals surface area contributed by atoms with Crippen LogP contribution < -0.4 is 0 Å². The highest BCUT2D eigenvalue weighted by Crippen LogP contribution is 2.30. The average Bonchev–Trinajstić information content (AvgIpc) is 2.39. The van der Waals surface area contributed by atoms with Crippen molar-refractivity contribution in [2.75, 3.05) is 0 Å². The maximum Gasteiger partial charge on any atom is 0.150 e. The lowest BCUT2D eigenvalue weighted by Gasteiger charge is -2.10. The number of carbonyl (C=O) groups excluding carboxylic acids is 1. The quantitative estimate of drug-likeness (QED) is 0.630. The number of carbonyl (C=O) groups is 1. The summed E-state index contributed by atoms with van der Waals surface area (Å²) in [7, 11) is 0. The van der Waals surface area contributed by atoms with E-state index in [4.69, 9.17) is 0 Å². The third-order valence-corrected chi connectivity index (χ3v) is 3.41. The van der Waals surface area contributed by atoms with Gasteiger partial charge in [0.05, 0.1) is 5.56 Å². The molecule has 0 atom stereocenters. The average molecular weight is 301 g/mol. The van der Waals surface area contributed by atoms with E-state index in [-0.39, 0.29) is 0 Å². The predicted octanol–water partition coefficient (Wildman–Crippen LogP) is 3.50. The minimum Gasteiger partial charge on any atom is -0.298 e. The number of nitriles is 1. The fraction of sp³-hybridized carbons (Fsp3) is 0.0714. The van der Waals surface area contributed by atoms with Crippen LogP contribution in [0.2, 0.25) is 0 Å². The number of benzene rings is 1. The van der Waals surface area contributed by atoms with Crippen molar-refractivity contribution in [3.8, 4) is 17.2 Å². The van der Waals surface area contributed by atoms with E-state index in [1.807, 2.05) is 19.1 Å². The predicted molar refractivity (Wildman–Crippen MR) is 72.2 cm³/mol. The molecule has 0 N–H and O–H groups in total. The number of aromatic nitrogens is 1. The number of rotatable bonds is 2. The van der Waals surface area contributed by atoms with E-state index in [2.05, 4.69) is 27.0 Å². The van der Waals surface area contributed by atoms with Gasteiger partial charge in [-0.15, -0.1) is 0 Å². The van der Waals surface area contributed by atoms with E-state index in [1.54, 1.807) is 18.3 Å². The van der Waals surface area contributed by atoms with Crippen molar-refractivity contribution in [2.45, 2.75) is 6.92 Å². The Labute approximate surface area is 113 Å². The first kappa shape index (κ1) is 12.5. The molecule has 88 valence electrons. The standard InChI is InChI=1S/C14H9BrN2O/c1-9-10(8-18)3-2-4-11(9)12-5-6-17-14(15)13(12)7-16/h2-6,8H,1H3. The first-order valence-electron chi connectivity index (χ1n) is 5.28. The van der Waals surface area contributed by atoms with Crippen LogP contribution in [0.25, 0.3) is 11.1 Å². The Kier molecular flexibility index (Phi) is 3.54. The third-order valence-electron chi connectivity index (χ3n) is 2.81. The van der Waals surface area contributed by atoms with Crippen LogP contribution in [0.3, 0.4) is 0 Å². The van der Waals surface area contributed by atoms with Crippen molar-refractivity contribution in [3.63, 3.8) is 0 Å². The Morgan fingerprint density at radius 1 is 1.33 bits per heavy atom. The van der Waals surface area contributed by atoms with Gasteiger partial charge in [0.15, 0.2) is 0 Å². The Morgan fingerprint density at radius 2 is 2.11 bits per heavy atom. The third kappa shape index (κ3) is 2.05. The van der Waals surface area contributed by atoms with Crippen LogP contribution in [0.1, 0.15) is 21.5 Å². The topological polar surface area (TPSA) is 53.8 Å². The largest absolute Gasteiger partial charge is 0.298 e. The summed E-state index contributed by atoms with van der Waals surface area (Å²) in [6.45, 7) is 1.87. The summed E-state index contributed by atoms with van der Waals surface area (Å²) in [6.07, 6.45) is 2.45. The van der Waals surface area contributed by atoms with Crippen LogP contribution in [-0.2, 0) is 0 Å². The lowest BCUT2D eigenvalue weighted by Crippen LogP contribution is -1.94. The molecule has 18 heavy (non-hydrogen) atoms. The molecule has 0 bridgehead atoms. The van der Waals surface area contributed by atoms with Gasteiger partial charge in [-0.05, 0) is 40.0 Å². The molecule has 0 saturated heterocycles. The van der Waals surface area contributed by atoms with Gasteiger partial charge in [-0.25, -0.2) is 4.98 Å². The highest BCUT2D eigenvalue weighted by atomic mass is 79.9. The molecule has 1 aromatic carbocycles. The van der Waals surface area contributed by atoms with Crippen molar-refractivity contribution in [2.24, 2.45) is 0 Å². The Morgan fingerprint density at radius 3 is 2.78 bits per heavy atom. The molecule has 0 aliphatic carbocycles. The lowest BCUT2D eigenvalue weighted by atomic mass is 9.95. The summed E-state index contributed by atoms with van der Waals surface area (Å²) in [5.74, 6) is 0. The van der Waals surface area contributed by atoms with E-state index in [0.29, 0.717) is 15.7 Å². The number of halogens is 1. The number of hydrogen-bond acceptors (Lipinski definition) is 3. The van der Waals surface area contributed by atoms with Gasteiger partial charge in [0.2, 0.25) is 0 Å². The molecule has 0 aliphatic rings. The summed E-state index contributed by atoms with van der Waals surface area (Å²) in [5, 5.41) is 9.19. The van der Waals surface area contributed by atoms with Crippen molar-refractivity contribution in [3.05, 3.63) is 51.8 Å². The molecule has 2 rings (SSSR count). The van der Waals surface area contributed by atoms with Crippen molar-refractivity contribution in [1.29, 1.82) is 5.26 Å². The minimum absolute atomic E-state index is 0.476. The van der Waals surface area contributed by atoms with E-state index in [9.17, 15) is 10.1 Å². The maximum atomic E-state index is 10.9. The van der Waals surface area contributed by atoms with Crippen LogP contribution in [0.5, 0.6) is 0 Å². The van der Waals surface area contributed by atoms with Gasteiger partial charge in [0.1, 0.15) is 17.0 Å². The second-order valence-corrected chi connectivity index (χ2v) is 4.52. The SMILES string of the molecule is Cc1c(C=O)cccc1-c1ccnc(Br)c1C#N. The molecule has 2 aromatic rings. The van der Waals surface area contributed by atoms with Gasteiger partial charge in [0, 0.05) is 17.3 Å². The zero-order valence-electron chi connectivity index (χ0n) is 9.64. The first-order valence-corrected chi connectivity index (χ1v) is 6.08. The fourth-order valence-corrected chi connectivity index (χ4v) is 2.26. The second-order valence-electron chi connectivity index (χ2n) is 3.77. The maximum absolute atomic E-state index is 10.9. The molecule has 1 heterocycles. The molecule has 0 unspecified atom stereocenters. The minimum atomic E-state index is 0.476. The van der Waals surface area contributed by atoms with Crippen LogP contribution >= 0.6 is 15.9 Å². The molecule has 0 radical (unpaired) electrons. The van der Waals surface area contributed by atoms with Crippen LogP contribution in [-0.4, -0.2) is 11.3 Å². The molecule has 1 aromatic heterocycles. The summed E-state index contributed by atoms with van der Waals surface area (Å²) >= 11 is 3.26. The van der Waals surface area contributed by atoms with E-state index in [0.717, 1.165) is 23.0 Å². The van der Waals surface area contributed by atoms with Gasteiger partial charge < -0.3 is 0 Å². The van der Waals surface area contributed by atoms with Crippen molar-refractivity contribution < 1.29 is 4.79 Å². The smallest absolute Gasteiger partial charge is 0.150 e. The van der Waals surface area contributed by atoms with E-state index in [1.165, 1.54) is 0 Å². The van der Waals surface area contributed by atoms with Gasteiger partial charge >= 0.3 is 0 Å². The van der Waals surface area contributed by atoms with Gasteiger partial charge in [0.25, 0.3) is 0 Å². The van der Waals surface area contributed by atoms with Crippen molar-refractivity contribution >= 4 is 22.2 Å². The summed E-state index contributed by atoms with van der Waals surface area (Å²) in [6, 6.07) is 9.37.